The Morgan fingerprint density at radius 3 is 2.71 bits per heavy atom. The minimum atomic E-state index is -2.09. The molecule has 1 N–H and O–H groups in total. The Balaban J connectivity index is 1.87. The highest BCUT2D eigenvalue weighted by Gasteiger charge is 2.31. The van der Waals surface area contributed by atoms with Crippen LogP contribution in [0.15, 0.2) is 48.5 Å². The highest BCUT2D eigenvalue weighted by molar-refractivity contribution is 7.79. The maximum Gasteiger partial charge on any atom is 0.0764 e. The van der Waals surface area contributed by atoms with Gasteiger partial charge in [0.2, 0.25) is 0 Å². The van der Waals surface area contributed by atoms with Gasteiger partial charge in [0, 0.05) is 23.1 Å². The molecule has 24 heavy (non-hydrogen) atoms. The lowest BCUT2D eigenvalue weighted by Gasteiger charge is -2.36. The number of hydrogen-bond donors (Lipinski definition) is 1. The second-order valence-corrected chi connectivity index (χ2v) is 7.24. The third kappa shape index (κ3) is 2.69. The van der Waals surface area contributed by atoms with Crippen molar-refractivity contribution < 1.29 is 8.76 Å². The third-order valence-electron chi connectivity index (χ3n) is 4.80. The molecule has 5 heteroatoms. The van der Waals surface area contributed by atoms with Crippen LogP contribution < -0.4 is 0 Å². The molecule has 0 saturated heterocycles. The Hall–Kier alpha value is -1.95. The summed E-state index contributed by atoms with van der Waals surface area (Å²) in [6, 6.07) is 16.6. The van der Waals surface area contributed by atoms with Crippen molar-refractivity contribution >= 4 is 22.0 Å². The predicted octanol–water partition coefficient (Wildman–Crippen LogP) is 3.26. The average molecular weight is 339 g/mol. The molecule has 0 spiro atoms. The van der Waals surface area contributed by atoms with Crippen molar-refractivity contribution in [2.45, 2.75) is 19.4 Å². The van der Waals surface area contributed by atoms with Gasteiger partial charge in [0.05, 0.1) is 11.9 Å². The first-order valence-electron chi connectivity index (χ1n) is 8.09. The Morgan fingerprint density at radius 1 is 1.21 bits per heavy atom. The molecule has 1 aromatic heterocycles. The maximum atomic E-state index is 11.3. The maximum absolute atomic E-state index is 11.3. The summed E-state index contributed by atoms with van der Waals surface area (Å²) in [5.41, 5.74) is 5.87. The number of nitrogens with one attached hydrogen (secondary N) is 1. The molecular formula is C19H19N2O2S-. The van der Waals surface area contributed by atoms with E-state index in [1.807, 2.05) is 11.0 Å². The SMILES string of the molecule is Cc1ccc(C2c3[nH]c4ccccc4c3CCN2CS(=O)[O-])cc1. The molecule has 2 heterocycles. The fraction of sp³-hybridized carbons (Fsp3) is 0.263. The molecule has 0 bridgehead atoms. The smallest absolute Gasteiger partial charge is 0.0764 e. The Labute approximate surface area is 143 Å². The monoisotopic (exact) mass is 339 g/mol. The predicted molar refractivity (Wildman–Crippen MR) is 95.5 cm³/mol. The van der Waals surface area contributed by atoms with Gasteiger partial charge in [-0.2, -0.15) is 0 Å². The Kier molecular flexibility index (Phi) is 4.00. The summed E-state index contributed by atoms with van der Waals surface area (Å²) in [4.78, 5) is 5.57. The minimum absolute atomic E-state index is 0.0490. The van der Waals surface area contributed by atoms with E-state index in [1.165, 1.54) is 16.5 Å². The van der Waals surface area contributed by atoms with Gasteiger partial charge in [0.15, 0.2) is 0 Å². The number of benzene rings is 2. The number of rotatable bonds is 3. The lowest BCUT2D eigenvalue weighted by Crippen LogP contribution is -2.38. The van der Waals surface area contributed by atoms with Crippen LogP contribution in [0, 0.1) is 6.92 Å². The molecule has 0 fully saturated rings. The molecule has 2 unspecified atom stereocenters. The van der Waals surface area contributed by atoms with Crippen LogP contribution >= 0.6 is 0 Å². The lowest BCUT2D eigenvalue weighted by molar-refractivity contribution is 0.243. The van der Waals surface area contributed by atoms with Gasteiger partial charge in [0.1, 0.15) is 0 Å². The molecule has 0 aliphatic carbocycles. The van der Waals surface area contributed by atoms with E-state index >= 15 is 0 Å². The van der Waals surface area contributed by atoms with Gasteiger partial charge in [-0.3, -0.25) is 9.11 Å². The summed E-state index contributed by atoms with van der Waals surface area (Å²) >= 11 is -2.09. The van der Waals surface area contributed by atoms with Crippen molar-refractivity contribution in [3.8, 4) is 0 Å². The Bertz CT molecular complexity index is 901. The second-order valence-electron chi connectivity index (χ2n) is 6.37. The topological polar surface area (TPSA) is 59.2 Å². The first-order chi connectivity index (χ1) is 11.6. The average Bonchev–Trinajstić information content (AvgIpc) is 2.94. The molecule has 3 aromatic rings. The van der Waals surface area contributed by atoms with Gasteiger partial charge in [-0.15, -0.1) is 0 Å². The summed E-state index contributed by atoms with van der Waals surface area (Å²) in [5.74, 6) is 0.0490. The van der Waals surface area contributed by atoms with Gasteiger partial charge in [0.25, 0.3) is 0 Å². The summed E-state index contributed by atoms with van der Waals surface area (Å²) in [6.07, 6.45) is 0.860. The lowest BCUT2D eigenvalue weighted by atomic mass is 9.92. The van der Waals surface area contributed by atoms with E-state index in [0.29, 0.717) is 0 Å². The minimum Gasteiger partial charge on any atom is -0.771 e. The van der Waals surface area contributed by atoms with Gasteiger partial charge in [-0.25, -0.2) is 0 Å². The van der Waals surface area contributed by atoms with E-state index < -0.39 is 11.1 Å². The number of aromatic amines is 1. The normalized spacial score (nSPS) is 19.3. The zero-order chi connectivity index (χ0) is 16.7. The van der Waals surface area contributed by atoms with Crippen LogP contribution in [0.4, 0.5) is 0 Å². The molecular weight excluding hydrogens is 320 g/mol. The molecule has 0 radical (unpaired) electrons. The quantitative estimate of drug-likeness (QED) is 0.745. The molecule has 124 valence electrons. The van der Waals surface area contributed by atoms with Crippen molar-refractivity contribution in [3.63, 3.8) is 0 Å². The van der Waals surface area contributed by atoms with Crippen LogP contribution in [-0.4, -0.2) is 31.1 Å². The number of fused-ring (bicyclic) bond motifs is 3. The molecule has 1 aliphatic rings. The van der Waals surface area contributed by atoms with Crippen molar-refractivity contribution in [1.82, 2.24) is 9.88 Å². The highest BCUT2D eigenvalue weighted by atomic mass is 32.2. The largest absolute Gasteiger partial charge is 0.771 e. The fourth-order valence-electron chi connectivity index (χ4n) is 3.69. The van der Waals surface area contributed by atoms with E-state index in [4.69, 9.17) is 0 Å². The van der Waals surface area contributed by atoms with Crippen molar-refractivity contribution in [3.05, 3.63) is 70.9 Å². The summed E-state index contributed by atoms with van der Waals surface area (Å²) in [6.45, 7) is 2.80. The van der Waals surface area contributed by atoms with Gasteiger partial charge in [-0.05, 0) is 41.6 Å². The summed E-state index contributed by atoms with van der Waals surface area (Å²) in [7, 11) is 0. The first-order valence-corrected chi connectivity index (χ1v) is 9.34. The molecule has 2 atom stereocenters. The van der Waals surface area contributed by atoms with E-state index in [1.54, 1.807) is 0 Å². The molecule has 4 rings (SSSR count). The molecule has 0 amide bonds. The molecule has 0 saturated carbocycles. The zero-order valence-corrected chi connectivity index (χ0v) is 14.3. The van der Waals surface area contributed by atoms with E-state index in [0.717, 1.165) is 29.7 Å². The summed E-state index contributed by atoms with van der Waals surface area (Å²) < 4.78 is 22.7. The molecule has 4 nitrogen and oxygen atoms in total. The van der Waals surface area contributed by atoms with Crippen LogP contribution in [0.3, 0.4) is 0 Å². The van der Waals surface area contributed by atoms with E-state index in [-0.39, 0.29) is 11.9 Å². The van der Waals surface area contributed by atoms with E-state index in [2.05, 4.69) is 54.4 Å². The van der Waals surface area contributed by atoms with Crippen molar-refractivity contribution in [2.75, 3.05) is 12.4 Å². The van der Waals surface area contributed by atoms with Gasteiger partial charge < -0.3 is 9.54 Å². The van der Waals surface area contributed by atoms with Crippen molar-refractivity contribution in [1.29, 1.82) is 0 Å². The first kappa shape index (κ1) is 15.6. The van der Waals surface area contributed by atoms with Crippen LogP contribution in [0.5, 0.6) is 0 Å². The third-order valence-corrected chi connectivity index (χ3v) is 5.34. The number of nitrogens with zero attached hydrogens (tertiary/aromatic N) is 1. The molecule has 2 aromatic carbocycles. The van der Waals surface area contributed by atoms with Crippen LogP contribution in [0.1, 0.15) is 28.4 Å². The zero-order valence-electron chi connectivity index (χ0n) is 13.5. The number of hydrogen-bond acceptors (Lipinski definition) is 3. The number of aryl methyl sites for hydroxylation is 1. The van der Waals surface area contributed by atoms with Crippen LogP contribution in [0.25, 0.3) is 10.9 Å². The Morgan fingerprint density at radius 2 is 1.96 bits per heavy atom. The summed E-state index contributed by atoms with van der Waals surface area (Å²) in [5, 5.41) is 1.24. The number of H-pyrrole nitrogens is 1. The standard InChI is InChI=1S/C19H20N2O2S/c1-13-6-8-14(9-7-13)19-18-16(10-11-21(19)12-24(22)23)15-4-2-3-5-17(15)20-18/h2-9,19-20H,10-12H2,1H3,(H,22,23)/p-1. The van der Waals surface area contributed by atoms with Gasteiger partial charge in [-0.1, -0.05) is 48.0 Å². The van der Waals surface area contributed by atoms with Gasteiger partial charge >= 0.3 is 0 Å². The van der Waals surface area contributed by atoms with Crippen molar-refractivity contribution in [2.24, 2.45) is 0 Å². The second kappa shape index (κ2) is 6.16. The van der Waals surface area contributed by atoms with Crippen LogP contribution in [0.2, 0.25) is 0 Å². The highest BCUT2D eigenvalue weighted by Crippen LogP contribution is 2.38. The fourth-order valence-corrected chi connectivity index (χ4v) is 4.24. The molecule has 1 aliphatic heterocycles. The van der Waals surface area contributed by atoms with Crippen LogP contribution in [-0.2, 0) is 17.5 Å². The number of aromatic nitrogens is 1. The van der Waals surface area contributed by atoms with E-state index in [9.17, 15) is 8.76 Å². The number of para-hydroxylation sites is 1.